The largest absolute Gasteiger partial charge is 0.480 e. The average molecular weight is 693 g/mol. The van der Waals surface area contributed by atoms with E-state index >= 15 is 0 Å². The fourth-order valence-electron chi connectivity index (χ4n) is 5.63. The monoisotopic (exact) mass is 692 g/mol. The molecule has 4 rings (SSSR count). The van der Waals surface area contributed by atoms with E-state index in [1.165, 1.54) is 0 Å². The molecule has 3 aromatic rings. The molecule has 0 saturated carbocycles. The van der Waals surface area contributed by atoms with E-state index in [1.807, 2.05) is 12.1 Å². The maximum Gasteiger partial charge on any atom is 0.433 e. The summed E-state index contributed by atoms with van der Waals surface area (Å²) in [5, 5.41) is 23.8. The maximum atomic E-state index is 14.0. The number of guanidine groups is 1. The average Bonchev–Trinajstić information content (AvgIpc) is 3.59. The lowest BCUT2D eigenvalue weighted by Gasteiger charge is -2.26. The van der Waals surface area contributed by atoms with Crippen LogP contribution in [0, 0.1) is 11.3 Å². The quantitative estimate of drug-likeness (QED) is 0.0898. The van der Waals surface area contributed by atoms with Gasteiger partial charge in [-0.3, -0.25) is 14.6 Å². The van der Waals surface area contributed by atoms with Crippen molar-refractivity contribution in [3.05, 3.63) is 83.0 Å². The number of amides is 2. The Morgan fingerprint density at radius 1 is 1.04 bits per heavy atom. The van der Waals surface area contributed by atoms with Crippen LogP contribution >= 0.6 is 0 Å². The van der Waals surface area contributed by atoms with Crippen molar-refractivity contribution >= 4 is 29.6 Å². The first-order chi connectivity index (χ1) is 23.8. The highest BCUT2D eigenvalue weighted by atomic mass is 19.4. The number of carboxylic acids is 1. The van der Waals surface area contributed by atoms with Gasteiger partial charge in [-0.25, -0.2) is 9.78 Å². The van der Waals surface area contributed by atoms with E-state index in [1.54, 1.807) is 47.4 Å². The van der Waals surface area contributed by atoms with Gasteiger partial charge < -0.3 is 32.1 Å². The number of aromatic nitrogens is 1. The lowest BCUT2D eigenvalue weighted by molar-refractivity contribution is -0.142. The zero-order valence-corrected chi connectivity index (χ0v) is 27.2. The number of aliphatic carboxylic acids is 1. The standard InChI is InChI=1S/C35H39F3N8O4/c36-35(37,38)29-19-26(25-12-9-22(10-13-25)11-14-31(47)44-27(33(49)50)3-1-16-43-34(40)41)20-30(45-29)46-18-2-4-28(46)32(48)42-17-15-23-5-7-24(21-39)8-6-23/h5-10,12-13,19-20,27-28H,1-4,11,14-18H2,(H,42,48)(H,44,47)(H,49,50)(H4,40,41,43)/t27-,28-/m0/s1. The molecule has 2 aromatic carbocycles. The van der Waals surface area contributed by atoms with Crippen LogP contribution in [0.1, 0.15) is 54.5 Å². The van der Waals surface area contributed by atoms with E-state index in [9.17, 15) is 32.7 Å². The van der Waals surface area contributed by atoms with Gasteiger partial charge in [0, 0.05) is 26.1 Å². The van der Waals surface area contributed by atoms with Gasteiger partial charge >= 0.3 is 12.1 Å². The second-order valence-corrected chi connectivity index (χ2v) is 11.9. The second kappa shape index (κ2) is 17.1. The lowest BCUT2D eigenvalue weighted by Crippen LogP contribution is -2.44. The molecule has 1 fully saturated rings. The van der Waals surface area contributed by atoms with E-state index in [-0.39, 0.29) is 49.1 Å². The number of carbonyl (C=O) groups is 3. The number of anilines is 1. The summed E-state index contributed by atoms with van der Waals surface area (Å²) in [6.45, 7) is 0.917. The number of aliphatic imine (C=N–C) groups is 1. The molecule has 2 amide bonds. The molecule has 0 bridgehead atoms. The Hall–Kier alpha value is -5.65. The third-order valence-corrected chi connectivity index (χ3v) is 8.25. The molecule has 0 spiro atoms. The molecule has 0 aliphatic carbocycles. The van der Waals surface area contributed by atoms with Gasteiger partial charge in [0.1, 0.15) is 23.6 Å². The van der Waals surface area contributed by atoms with Gasteiger partial charge in [-0.15, -0.1) is 0 Å². The topological polar surface area (TPSA) is 200 Å². The first kappa shape index (κ1) is 37.2. The van der Waals surface area contributed by atoms with Crippen molar-refractivity contribution in [1.82, 2.24) is 15.6 Å². The highest BCUT2D eigenvalue weighted by Crippen LogP contribution is 2.35. The number of alkyl halides is 3. The van der Waals surface area contributed by atoms with Crippen molar-refractivity contribution in [2.75, 3.05) is 24.5 Å². The Morgan fingerprint density at radius 3 is 2.36 bits per heavy atom. The Morgan fingerprint density at radius 2 is 1.72 bits per heavy atom. The van der Waals surface area contributed by atoms with E-state index in [4.69, 9.17) is 16.7 Å². The van der Waals surface area contributed by atoms with Gasteiger partial charge in [0.2, 0.25) is 11.8 Å². The van der Waals surface area contributed by atoms with Gasteiger partial charge in [0.25, 0.3) is 0 Å². The molecule has 0 radical (unpaired) electrons. The molecule has 7 N–H and O–H groups in total. The van der Waals surface area contributed by atoms with E-state index in [0.717, 1.165) is 17.2 Å². The van der Waals surface area contributed by atoms with Gasteiger partial charge in [-0.2, -0.15) is 18.4 Å². The van der Waals surface area contributed by atoms with Gasteiger partial charge in [0.05, 0.1) is 11.6 Å². The van der Waals surface area contributed by atoms with E-state index < -0.39 is 35.8 Å². The third kappa shape index (κ3) is 10.7. The van der Waals surface area contributed by atoms with Crippen LogP contribution in [0.5, 0.6) is 0 Å². The first-order valence-electron chi connectivity index (χ1n) is 16.1. The van der Waals surface area contributed by atoms with Crippen LogP contribution in [-0.4, -0.2) is 65.6 Å². The number of hydrogen-bond donors (Lipinski definition) is 5. The molecule has 2 heterocycles. The minimum atomic E-state index is -4.73. The number of pyridine rings is 1. The number of nitrogens with one attached hydrogen (secondary N) is 2. The van der Waals surface area contributed by atoms with Crippen molar-refractivity contribution < 1.29 is 32.7 Å². The van der Waals surface area contributed by atoms with Gasteiger partial charge in [0.15, 0.2) is 5.96 Å². The van der Waals surface area contributed by atoms with Crippen LogP contribution < -0.4 is 27.0 Å². The Balaban J connectivity index is 1.40. The van der Waals surface area contributed by atoms with Crippen LogP contribution in [0.4, 0.5) is 19.0 Å². The Kier molecular flexibility index (Phi) is 12.7. The van der Waals surface area contributed by atoms with E-state index in [2.05, 4.69) is 26.7 Å². The molecule has 1 aromatic heterocycles. The molecule has 1 saturated heterocycles. The lowest BCUT2D eigenvalue weighted by atomic mass is 10.0. The summed E-state index contributed by atoms with van der Waals surface area (Å²) in [4.78, 5) is 46.5. The maximum absolute atomic E-state index is 14.0. The molecule has 0 unspecified atom stereocenters. The van der Waals surface area contributed by atoms with Crippen molar-refractivity contribution in [1.29, 1.82) is 5.26 Å². The van der Waals surface area contributed by atoms with Crippen LogP contribution in [0.2, 0.25) is 0 Å². The zero-order chi connectivity index (χ0) is 36.3. The highest BCUT2D eigenvalue weighted by Gasteiger charge is 2.36. The summed E-state index contributed by atoms with van der Waals surface area (Å²) < 4.78 is 42.0. The van der Waals surface area contributed by atoms with E-state index in [0.29, 0.717) is 49.9 Å². The Bertz CT molecular complexity index is 1720. The fourth-order valence-corrected chi connectivity index (χ4v) is 5.63. The molecule has 12 nitrogen and oxygen atoms in total. The minimum Gasteiger partial charge on any atom is -0.480 e. The molecule has 15 heteroatoms. The van der Waals surface area contributed by atoms with Gasteiger partial charge in [-0.05, 0) is 85.0 Å². The number of carboxylic acid groups (broad SMARTS) is 1. The number of hydrogen-bond acceptors (Lipinski definition) is 7. The second-order valence-electron chi connectivity index (χ2n) is 11.9. The smallest absolute Gasteiger partial charge is 0.433 e. The van der Waals surface area contributed by atoms with Crippen molar-refractivity contribution in [2.45, 2.75) is 63.2 Å². The normalized spacial score (nSPS) is 14.8. The van der Waals surface area contributed by atoms with Crippen LogP contribution in [-0.2, 0) is 33.4 Å². The fraction of sp³-hybridized carbons (Fsp3) is 0.371. The summed E-state index contributed by atoms with van der Waals surface area (Å²) in [6, 6.07) is 16.5. The summed E-state index contributed by atoms with van der Waals surface area (Å²) in [6.07, 6.45) is -2.36. The number of halogens is 3. The predicted molar refractivity (Wildman–Crippen MR) is 181 cm³/mol. The van der Waals surface area contributed by atoms with Crippen LogP contribution in [0.25, 0.3) is 11.1 Å². The van der Waals surface area contributed by atoms with Crippen molar-refractivity contribution in [3.63, 3.8) is 0 Å². The molecule has 264 valence electrons. The number of aryl methyl sites for hydroxylation is 1. The summed E-state index contributed by atoms with van der Waals surface area (Å²) in [5.74, 6) is -2.00. The molecular weight excluding hydrogens is 653 g/mol. The Labute approximate surface area is 287 Å². The van der Waals surface area contributed by atoms with Crippen LogP contribution in [0.15, 0.2) is 65.7 Å². The number of nitrogens with zero attached hydrogens (tertiary/aromatic N) is 4. The first-order valence-corrected chi connectivity index (χ1v) is 16.1. The molecule has 1 aliphatic rings. The van der Waals surface area contributed by atoms with Crippen molar-refractivity contribution in [2.24, 2.45) is 16.5 Å². The molecule has 50 heavy (non-hydrogen) atoms. The number of nitrogens with two attached hydrogens (primary N) is 2. The van der Waals surface area contributed by atoms with Gasteiger partial charge in [-0.1, -0.05) is 36.4 Å². The molecular formula is C35H39F3N8O4. The highest BCUT2D eigenvalue weighted by molar-refractivity contribution is 5.86. The SMILES string of the molecule is N#Cc1ccc(CCNC(=O)[C@@H]2CCCN2c2cc(-c3ccc(CCC(=O)N[C@@H](CCCN=C(N)N)C(=O)O)cc3)cc(C(F)(F)F)n2)cc1. The number of rotatable bonds is 15. The number of nitriles is 1. The summed E-state index contributed by atoms with van der Waals surface area (Å²) in [7, 11) is 0. The summed E-state index contributed by atoms with van der Waals surface area (Å²) in [5.41, 5.74) is 12.4. The summed E-state index contributed by atoms with van der Waals surface area (Å²) >= 11 is 0. The molecule has 2 atom stereocenters. The number of benzene rings is 2. The zero-order valence-electron chi connectivity index (χ0n) is 27.2. The number of carbonyl (C=O) groups excluding carboxylic acids is 2. The van der Waals surface area contributed by atoms with Crippen molar-refractivity contribution in [3.8, 4) is 17.2 Å². The third-order valence-electron chi connectivity index (χ3n) is 8.25. The predicted octanol–water partition coefficient (Wildman–Crippen LogP) is 3.52. The van der Waals surface area contributed by atoms with Crippen LogP contribution in [0.3, 0.4) is 0 Å². The minimum absolute atomic E-state index is 0.000536. The molecule has 1 aliphatic heterocycles.